The van der Waals surface area contributed by atoms with Crippen molar-refractivity contribution >= 4 is 21.6 Å². The second kappa shape index (κ2) is 9.09. The molecule has 2 N–H and O–H groups in total. The maximum absolute atomic E-state index is 13.4. The lowest BCUT2D eigenvalue weighted by Crippen LogP contribution is -2.41. The van der Waals surface area contributed by atoms with E-state index in [0.717, 1.165) is 37.8 Å². The van der Waals surface area contributed by atoms with Crippen LogP contribution >= 0.6 is 0 Å². The molecule has 1 aliphatic carbocycles. The largest absolute Gasteiger partial charge is 0.495 e. The van der Waals surface area contributed by atoms with Crippen molar-refractivity contribution < 1.29 is 26.7 Å². The van der Waals surface area contributed by atoms with Gasteiger partial charge in [-0.25, -0.2) is 21.9 Å². The molecule has 2 atom stereocenters. The van der Waals surface area contributed by atoms with Crippen molar-refractivity contribution in [3.63, 3.8) is 0 Å². The van der Waals surface area contributed by atoms with E-state index in [9.17, 15) is 22.0 Å². The summed E-state index contributed by atoms with van der Waals surface area (Å²) >= 11 is 0. The zero-order valence-corrected chi connectivity index (χ0v) is 17.6. The van der Waals surface area contributed by atoms with Crippen molar-refractivity contribution in [1.29, 1.82) is 0 Å². The normalized spacial score (nSPS) is 19.3. The van der Waals surface area contributed by atoms with Gasteiger partial charge in [0.25, 0.3) is 5.91 Å². The summed E-state index contributed by atoms with van der Waals surface area (Å²) in [6.45, 7) is 2.01. The van der Waals surface area contributed by atoms with Gasteiger partial charge < -0.3 is 10.1 Å². The number of rotatable bonds is 6. The molecule has 30 heavy (non-hydrogen) atoms. The maximum Gasteiger partial charge on any atom is 0.255 e. The topological polar surface area (TPSA) is 84.5 Å². The highest BCUT2D eigenvalue weighted by molar-refractivity contribution is 7.89. The van der Waals surface area contributed by atoms with Crippen molar-refractivity contribution in [2.45, 2.75) is 43.5 Å². The van der Waals surface area contributed by atoms with Crippen LogP contribution in [0.1, 0.15) is 43.0 Å². The Balaban J connectivity index is 1.86. The number of carbonyl (C=O) groups is 1. The molecule has 0 aromatic heterocycles. The third kappa shape index (κ3) is 4.96. The second-order valence-electron chi connectivity index (χ2n) is 7.44. The molecule has 1 aliphatic rings. The Morgan fingerprint density at radius 3 is 2.47 bits per heavy atom. The van der Waals surface area contributed by atoms with Gasteiger partial charge in [-0.15, -0.1) is 0 Å². The fraction of sp³-hybridized carbons (Fsp3) is 0.381. The lowest BCUT2D eigenvalue weighted by molar-refractivity contribution is 0.102. The van der Waals surface area contributed by atoms with Crippen LogP contribution in [-0.2, 0) is 10.0 Å². The molecule has 0 spiro atoms. The lowest BCUT2D eigenvalue weighted by Gasteiger charge is -2.29. The molecule has 2 unspecified atom stereocenters. The molecule has 0 aliphatic heterocycles. The van der Waals surface area contributed by atoms with E-state index >= 15 is 0 Å². The Bertz CT molecular complexity index is 1040. The van der Waals surface area contributed by atoms with Gasteiger partial charge in [0.2, 0.25) is 10.0 Å². The predicted octanol–water partition coefficient (Wildman–Crippen LogP) is 4.08. The van der Waals surface area contributed by atoms with Gasteiger partial charge in [0.05, 0.1) is 7.11 Å². The first kappa shape index (κ1) is 22.2. The van der Waals surface area contributed by atoms with Crippen LogP contribution in [0.4, 0.5) is 14.5 Å². The highest BCUT2D eigenvalue weighted by atomic mass is 32.2. The van der Waals surface area contributed by atoms with Gasteiger partial charge in [-0.3, -0.25) is 4.79 Å². The maximum atomic E-state index is 13.4. The molecule has 0 bridgehead atoms. The molecule has 1 fully saturated rings. The van der Waals surface area contributed by atoms with E-state index in [4.69, 9.17) is 4.74 Å². The van der Waals surface area contributed by atoms with E-state index in [1.165, 1.54) is 31.4 Å². The minimum atomic E-state index is -3.94. The smallest absolute Gasteiger partial charge is 0.255 e. The number of benzene rings is 2. The van der Waals surface area contributed by atoms with Crippen LogP contribution in [0.25, 0.3) is 0 Å². The van der Waals surface area contributed by atoms with Gasteiger partial charge in [-0.1, -0.05) is 19.8 Å². The van der Waals surface area contributed by atoms with Crippen molar-refractivity contribution in [2.24, 2.45) is 5.92 Å². The summed E-state index contributed by atoms with van der Waals surface area (Å²) in [6, 6.07) is 6.76. The number of ether oxygens (including phenoxy) is 1. The number of nitrogens with one attached hydrogen (secondary N) is 2. The molecule has 0 saturated heterocycles. The first-order chi connectivity index (χ1) is 14.2. The molecule has 1 amide bonds. The number of hydrogen-bond acceptors (Lipinski definition) is 4. The monoisotopic (exact) mass is 438 g/mol. The van der Waals surface area contributed by atoms with Crippen LogP contribution in [0.3, 0.4) is 0 Å². The third-order valence-electron chi connectivity index (χ3n) is 5.31. The van der Waals surface area contributed by atoms with Gasteiger partial charge in [-0.05, 0) is 49.1 Å². The summed E-state index contributed by atoms with van der Waals surface area (Å²) in [5.41, 5.74) is 0.0888. The molecule has 2 aromatic carbocycles. The first-order valence-corrected chi connectivity index (χ1v) is 11.2. The van der Waals surface area contributed by atoms with Gasteiger partial charge >= 0.3 is 0 Å². The van der Waals surface area contributed by atoms with E-state index in [1.807, 2.05) is 6.92 Å². The number of halogens is 2. The van der Waals surface area contributed by atoms with E-state index in [0.29, 0.717) is 0 Å². The number of carbonyl (C=O) groups excluding carboxylic acids is 1. The third-order valence-corrected chi connectivity index (χ3v) is 6.82. The molecular formula is C21H24F2N2O4S. The summed E-state index contributed by atoms with van der Waals surface area (Å²) in [5, 5.41) is 2.43. The summed E-state index contributed by atoms with van der Waals surface area (Å²) in [5.74, 6) is -2.48. The summed E-state index contributed by atoms with van der Waals surface area (Å²) in [4.78, 5) is 12.4. The predicted molar refractivity (Wildman–Crippen MR) is 109 cm³/mol. The van der Waals surface area contributed by atoms with Gasteiger partial charge in [0.15, 0.2) is 11.6 Å². The first-order valence-electron chi connectivity index (χ1n) is 9.68. The number of hydrogen-bond donors (Lipinski definition) is 2. The average molecular weight is 438 g/mol. The van der Waals surface area contributed by atoms with E-state index in [1.54, 1.807) is 0 Å². The number of sulfonamides is 1. The molecule has 9 heteroatoms. The van der Waals surface area contributed by atoms with Crippen molar-refractivity contribution in [1.82, 2.24) is 4.72 Å². The molecule has 2 aromatic rings. The lowest BCUT2D eigenvalue weighted by atomic mass is 9.87. The zero-order chi connectivity index (χ0) is 21.9. The SMILES string of the molecule is COc1ccc(C(=O)Nc2ccc(F)c(F)c2)cc1S(=O)(=O)NC1CCCCC1C. The number of anilines is 1. The van der Waals surface area contributed by atoms with Gasteiger partial charge in [0.1, 0.15) is 10.6 Å². The summed E-state index contributed by atoms with van der Waals surface area (Å²) < 4.78 is 60.4. The summed E-state index contributed by atoms with van der Waals surface area (Å²) in [7, 11) is -2.60. The Labute approximate surface area is 174 Å². The van der Waals surface area contributed by atoms with E-state index < -0.39 is 27.6 Å². The van der Waals surface area contributed by atoms with E-state index in [2.05, 4.69) is 10.0 Å². The molecule has 3 rings (SSSR count). The number of methoxy groups -OCH3 is 1. The van der Waals surface area contributed by atoms with Crippen LogP contribution in [0.2, 0.25) is 0 Å². The van der Waals surface area contributed by atoms with Gasteiger partial charge in [0, 0.05) is 23.4 Å². The molecule has 162 valence electrons. The number of amides is 1. The Morgan fingerprint density at radius 2 is 1.80 bits per heavy atom. The van der Waals surface area contributed by atoms with Gasteiger partial charge in [-0.2, -0.15) is 0 Å². The van der Waals surface area contributed by atoms with Crippen molar-refractivity contribution in [3.8, 4) is 5.75 Å². The molecule has 0 heterocycles. The zero-order valence-electron chi connectivity index (χ0n) is 16.7. The highest BCUT2D eigenvalue weighted by Gasteiger charge is 2.29. The van der Waals surface area contributed by atoms with Crippen LogP contribution in [0.5, 0.6) is 5.75 Å². The van der Waals surface area contributed by atoms with E-state index in [-0.39, 0.29) is 33.9 Å². The molecular weight excluding hydrogens is 414 g/mol. The van der Waals surface area contributed by atoms with Crippen LogP contribution in [-0.4, -0.2) is 27.5 Å². The Morgan fingerprint density at radius 1 is 1.07 bits per heavy atom. The van der Waals surface area contributed by atoms with Crippen LogP contribution in [0.15, 0.2) is 41.3 Å². The van der Waals surface area contributed by atoms with Crippen LogP contribution in [0, 0.1) is 17.6 Å². The fourth-order valence-corrected chi connectivity index (χ4v) is 5.13. The van der Waals surface area contributed by atoms with Crippen molar-refractivity contribution in [2.75, 3.05) is 12.4 Å². The molecule has 1 saturated carbocycles. The molecule has 0 radical (unpaired) electrons. The minimum Gasteiger partial charge on any atom is -0.495 e. The quantitative estimate of drug-likeness (QED) is 0.712. The Hall–Kier alpha value is -2.52. The summed E-state index contributed by atoms with van der Waals surface area (Å²) in [6.07, 6.45) is 3.72. The second-order valence-corrected chi connectivity index (χ2v) is 9.12. The molecule has 6 nitrogen and oxygen atoms in total. The minimum absolute atomic E-state index is 0.0394. The highest BCUT2D eigenvalue weighted by Crippen LogP contribution is 2.29. The Kier molecular flexibility index (Phi) is 6.72. The fourth-order valence-electron chi connectivity index (χ4n) is 3.56. The van der Waals surface area contributed by atoms with Crippen molar-refractivity contribution in [3.05, 3.63) is 53.6 Å². The average Bonchev–Trinajstić information content (AvgIpc) is 2.72. The van der Waals surface area contributed by atoms with Crippen LogP contribution < -0.4 is 14.8 Å². The standard InChI is InChI=1S/C21H24F2N2O4S/c1-13-5-3-4-6-18(13)25-30(27,28)20-11-14(7-10-19(20)29-2)21(26)24-15-8-9-16(22)17(23)12-15/h7-13,18,25H,3-6H2,1-2H3,(H,24,26).